The summed E-state index contributed by atoms with van der Waals surface area (Å²) >= 11 is 0. The van der Waals surface area contributed by atoms with Gasteiger partial charge in [0.1, 0.15) is 0 Å². The molecular formula is C14H20N2O3. The predicted molar refractivity (Wildman–Crippen MR) is 73.9 cm³/mol. The zero-order valence-corrected chi connectivity index (χ0v) is 10.9. The van der Waals surface area contributed by atoms with Gasteiger partial charge >= 0.3 is 0 Å². The number of amides is 1. The summed E-state index contributed by atoms with van der Waals surface area (Å²) in [6.45, 7) is 1.95. The van der Waals surface area contributed by atoms with Gasteiger partial charge in [0.2, 0.25) is 5.91 Å². The average molecular weight is 264 g/mol. The molecule has 5 heteroatoms. The molecule has 0 aliphatic carbocycles. The fourth-order valence-corrected chi connectivity index (χ4v) is 1.95. The van der Waals surface area contributed by atoms with Crippen molar-refractivity contribution in [3.05, 3.63) is 24.3 Å². The van der Waals surface area contributed by atoms with Crippen molar-refractivity contribution in [2.45, 2.75) is 25.4 Å². The van der Waals surface area contributed by atoms with Crippen LogP contribution in [-0.4, -0.2) is 31.8 Å². The molecule has 0 atom stereocenters. The molecular weight excluding hydrogens is 244 g/mol. The molecule has 0 spiro atoms. The van der Waals surface area contributed by atoms with Crippen LogP contribution in [-0.2, 0) is 14.3 Å². The Morgan fingerprint density at radius 2 is 2.00 bits per heavy atom. The van der Waals surface area contributed by atoms with Gasteiger partial charge in [-0.1, -0.05) is 0 Å². The van der Waals surface area contributed by atoms with Crippen molar-refractivity contribution in [2.24, 2.45) is 0 Å². The summed E-state index contributed by atoms with van der Waals surface area (Å²) in [6, 6.07) is 7.08. The topological polar surface area (TPSA) is 73.6 Å². The van der Waals surface area contributed by atoms with Gasteiger partial charge < -0.3 is 20.5 Å². The first-order chi connectivity index (χ1) is 9.24. The smallest absolute Gasteiger partial charge is 0.226 e. The fourth-order valence-electron chi connectivity index (χ4n) is 1.95. The Labute approximate surface area is 113 Å². The number of nitrogens with one attached hydrogen (secondary N) is 1. The van der Waals surface area contributed by atoms with E-state index < -0.39 is 0 Å². The Kier molecular flexibility index (Phi) is 5.18. The van der Waals surface area contributed by atoms with Crippen molar-refractivity contribution >= 4 is 17.3 Å². The number of nitrogen functional groups attached to an aromatic ring is 1. The Bertz CT molecular complexity index is 400. The average Bonchev–Trinajstić information content (AvgIpc) is 2.43. The third kappa shape index (κ3) is 4.89. The van der Waals surface area contributed by atoms with Crippen LogP contribution in [0.2, 0.25) is 0 Å². The Morgan fingerprint density at radius 1 is 1.32 bits per heavy atom. The molecule has 1 aromatic rings. The maximum absolute atomic E-state index is 11.7. The number of carbonyl (C=O) groups excluding carboxylic acids is 1. The van der Waals surface area contributed by atoms with E-state index in [0.29, 0.717) is 18.7 Å². The van der Waals surface area contributed by atoms with Gasteiger partial charge in [-0.25, -0.2) is 0 Å². The number of rotatable bonds is 5. The normalized spacial score (nSPS) is 16.2. The van der Waals surface area contributed by atoms with Crippen LogP contribution in [0.1, 0.15) is 19.3 Å². The zero-order chi connectivity index (χ0) is 13.5. The molecule has 104 valence electrons. The summed E-state index contributed by atoms with van der Waals surface area (Å²) < 4.78 is 10.9. The molecule has 5 nitrogen and oxygen atoms in total. The molecule has 1 heterocycles. The van der Waals surface area contributed by atoms with Crippen molar-refractivity contribution in [3.63, 3.8) is 0 Å². The molecule has 0 aromatic heterocycles. The Morgan fingerprint density at radius 3 is 2.68 bits per heavy atom. The largest absolute Gasteiger partial charge is 0.399 e. The highest BCUT2D eigenvalue weighted by Gasteiger charge is 2.14. The molecule has 1 aliphatic rings. The number of nitrogens with two attached hydrogens (primary N) is 1. The van der Waals surface area contributed by atoms with Crippen LogP contribution < -0.4 is 11.1 Å². The van der Waals surface area contributed by atoms with Gasteiger partial charge in [0.25, 0.3) is 0 Å². The number of carbonyl (C=O) groups is 1. The minimum atomic E-state index is -0.0446. The van der Waals surface area contributed by atoms with Crippen molar-refractivity contribution < 1.29 is 14.3 Å². The maximum Gasteiger partial charge on any atom is 0.226 e. The van der Waals surface area contributed by atoms with Crippen molar-refractivity contribution in [1.82, 2.24) is 0 Å². The van der Waals surface area contributed by atoms with E-state index in [1.807, 2.05) is 0 Å². The highest BCUT2D eigenvalue weighted by Crippen LogP contribution is 2.12. The fraction of sp³-hybridized carbons (Fsp3) is 0.500. The molecule has 0 radical (unpaired) electrons. The SMILES string of the molecule is Nc1ccc(NC(=O)CCOC2CCOCC2)cc1. The standard InChI is InChI=1S/C14H20N2O3/c15-11-1-3-12(4-2-11)16-14(17)7-10-19-13-5-8-18-9-6-13/h1-4,13H,5-10,15H2,(H,16,17). The van der Waals surface area contributed by atoms with Crippen molar-refractivity contribution in [2.75, 3.05) is 30.9 Å². The molecule has 0 saturated carbocycles. The minimum Gasteiger partial charge on any atom is -0.399 e. The van der Waals surface area contributed by atoms with E-state index >= 15 is 0 Å². The van der Waals surface area contributed by atoms with E-state index in [1.54, 1.807) is 24.3 Å². The summed E-state index contributed by atoms with van der Waals surface area (Å²) in [5.41, 5.74) is 7.01. The summed E-state index contributed by atoms with van der Waals surface area (Å²) in [7, 11) is 0. The van der Waals surface area contributed by atoms with Crippen LogP contribution >= 0.6 is 0 Å². The van der Waals surface area contributed by atoms with E-state index in [0.717, 1.165) is 31.7 Å². The highest BCUT2D eigenvalue weighted by atomic mass is 16.5. The van der Waals surface area contributed by atoms with Crippen LogP contribution in [0.4, 0.5) is 11.4 Å². The van der Waals surface area contributed by atoms with Gasteiger partial charge in [0, 0.05) is 24.6 Å². The minimum absolute atomic E-state index is 0.0446. The number of ether oxygens (including phenoxy) is 2. The Hall–Kier alpha value is -1.59. The molecule has 1 aliphatic heterocycles. The molecule has 2 rings (SSSR count). The summed E-state index contributed by atoms with van der Waals surface area (Å²) in [6.07, 6.45) is 2.43. The molecule has 0 unspecified atom stereocenters. The third-order valence-electron chi connectivity index (χ3n) is 3.05. The molecule has 1 saturated heterocycles. The van der Waals surface area contributed by atoms with Crippen molar-refractivity contribution in [3.8, 4) is 0 Å². The van der Waals surface area contributed by atoms with Crippen LogP contribution in [0.3, 0.4) is 0 Å². The second-order valence-corrected chi connectivity index (χ2v) is 4.60. The van der Waals surface area contributed by atoms with E-state index in [4.69, 9.17) is 15.2 Å². The summed E-state index contributed by atoms with van der Waals surface area (Å²) in [5, 5.41) is 2.81. The molecule has 0 bridgehead atoms. The second-order valence-electron chi connectivity index (χ2n) is 4.60. The van der Waals surface area contributed by atoms with Crippen molar-refractivity contribution in [1.29, 1.82) is 0 Å². The molecule has 1 aromatic carbocycles. The van der Waals surface area contributed by atoms with E-state index in [9.17, 15) is 4.79 Å². The zero-order valence-electron chi connectivity index (χ0n) is 10.9. The monoisotopic (exact) mass is 264 g/mol. The van der Waals surface area contributed by atoms with Crippen LogP contribution in [0, 0.1) is 0 Å². The van der Waals surface area contributed by atoms with Gasteiger partial charge in [-0.15, -0.1) is 0 Å². The first-order valence-corrected chi connectivity index (χ1v) is 6.59. The third-order valence-corrected chi connectivity index (χ3v) is 3.05. The molecule has 3 N–H and O–H groups in total. The molecule has 19 heavy (non-hydrogen) atoms. The highest BCUT2D eigenvalue weighted by molar-refractivity contribution is 5.90. The quantitative estimate of drug-likeness (QED) is 0.795. The number of hydrogen-bond acceptors (Lipinski definition) is 4. The summed E-state index contributed by atoms with van der Waals surface area (Å²) in [5.74, 6) is -0.0446. The van der Waals surface area contributed by atoms with Crippen LogP contribution in [0.25, 0.3) is 0 Å². The van der Waals surface area contributed by atoms with Crippen LogP contribution in [0.15, 0.2) is 24.3 Å². The number of hydrogen-bond donors (Lipinski definition) is 2. The first-order valence-electron chi connectivity index (χ1n) is 6.59. The van der Waals surface area contributed by atoms with E-state index in [1.165, 1.54) is 0 Å². The summed E-state index contributed by atoms with van der Waals surface area (Å²) in [4.78, 5) is 11.7. The lowest BCUT2D eigenvalue weighted by molar-refractivity contribution is -0.118. The first kappa shape index (κ1) is 13.8. The second kappa shape index (κ2) is 7.11. The van der Waals surface area contributed by atoms with Gasteiger partial charge in [-0.3, -0.25) is 4.79 Å². The van der Waals surface area contributed by atoms with Crippen LogP contribution in [0.5, 0.6) is 0 Å². The maximum atomic E-state index is 11.7. The lowest BCUT2D eigenvalue weighted by atomic mass is 10.1. The van der Waals surface area contributed by atoms with Gasteiger partial charge in [0.05, 0.1) is 19.1 Å². The lowest BCUT2D eigenvalue weighted by Crippen LogP contribution is -2.25. The lowest BCUT2D eigenvalue weighted by Gasteiger charge is -2.22. The van der Waals surface area contributed by atoms with Gasteiger partial charge in [-0.2, -0.15) is 0 Å². The molecule has 1 amide bonds. The Balaban J connectivity index is 1.65. The van der Waals surface area contributed by atoms with E-state index in [2.05, 4.69) is 5.32 Å². The predicted octanol–water partition coefficient (Wildman–Crippen LogP) is 1.79. The van der Waals surface area contributed by atoms with Gasteiger partial charge in [-0.05, 0) is 37.1 Å². The number of benzene rings is 1. The van der Waals surface area contributed by atoms with Gasteiger partial charge in [0.15, 0.2) is 0 Å². The van der Waals surface area contributed by atoms with E-state index in [-0.39, 0.29) is 12.0 Å². The molecule has 1 fully saturated rings. The number of anilines is 2.